The molecule has 0 radical (unpaired) electrons. The van der Waals surface area contributed by atoms with Gasteiger partial charge in [0, 0.05) is 18.7 Å². The van der Waals surface area contributed by atoms with Gasteiger partial charge in [0.1, 0.15) is 16.5 Å². The van der Waals surface area contributed by atoms with Crippen molar-refractivity contribution in [2.24, 2.45) is 0 Å². The molecule has 0 amide bonds. The molecule has 1 aromatic carbocycles. The minimum absolute atomic E-state index is 0.132. The minimum Gasteiger partial charge on any atom is -0.469 e. The quantitative estimate of drug-likeness (QED) is 0.518. The molecule has 0 aliphatic heterocycles. The van der Waals surface area contributed by atoms with Crippen LogP contribution < -0.4 is 5.32 Å². The number of benzene rings is 1. The molecule has 0 unspecified atom stereocenters. The number of rotatable bonds is 4. The van der Waals surface area contributed by atoms with Crippen LogP contribution in [0, 0.1) is 15.9 Å². The number of carbonyl (C=O) groups is 1. The van der Waals surface area contributed by atoms with Crippen LogP contribution in [0.5, 0.6) is 0 Å². The zero-order chi connectivity index (χ0) is 13.9. The van der Waals surface area contributed by atoms with Gasteiger partial charge in [-0.15, -0.1) is 0 Å². The van der Waals surface area contributed by atoms with Crippen molar-refractivity contribution < 1.29 is 18.8 Å². The maximum Gasteiger partial charge on any atom is 0.310 e. The molecule has 8 heteroatoms. The predicted molar refractivity (Wildman–Crippen MR) is 63.3 cm³/mol. The molecule has 0 aliphatic carbocycles. The molecule has 1 aromatic rings. The van der Waals surface area contributed by atoms with Crippen LogP contribution in [0.3, 0.4) is 0 Å². The number of nitro benzene ring substituents is 1. The van der Waals surface area contributed by atoms with Gasteiger partial charge in [0.15, 0.2) is 0 Å². The molecule has 0 saturated heterocycles. The third kappa shape index (κ3) is 2.67. The van der Waals surface area contributed by atoms with E-state index in [2.05, 4.69) is 10.1 Å². The molecule has 0 fully saturated rings. The Labute approximate surface area is 107 Å². The minimum atomic E-state index is -0.878. The Bertz CT molecular complexity index is 507. The highest BCUT2D eigenvalue weighted by Gasteiger charge is 2.24. The fourth-order valence-corrected chi connectivity index (χ4v) is 1.71. The first kappa shape index (κ1) is 14.2. The first-order chi connectivity index (χ1) is 8.42. The summed E-state index contributed by atoms with van der Waals surface area (Å²) in [6.45, 7) is 0. The number of hydrogen-bond acceptors (Lipinski definition) is 5. The Balaban J connectivity index is 3.37. The van der Waals surface area contributed by atoms with Gasteiger partial charge in [0.2, 0.25) is 0 Å². The van der Waals surface area contributed by atoms with E-state index in [1.54, 1.807) is 0 Å². The molecule has 0 bridgehead atoms. The van der Waals surface area contributed by atoms with Gasteiger partial charge in [-0.1, -0.05) is 11.6 Å². The van der Waals surface area contributed by atoms with E-state index >= 15 is 0 Å². The van der Waals surface area contributed by atoms with Crippen LogP contribution in [0.25, 0.3) is 0 Å². The summed E-state index contributed by atoms with van der Waals surface area (Å²) in [5, 5.41) is 12.8. The van der Waals surface area contributed by atoms with Crippen LogP contribution >= 0.6 is 11.6 Å². The van der Waals surface area contributed by atoms with Gasteiger partial charge in [-0.05, 0) is 0 Å². The molecule has 1 rings (SSSR count). The Morgan fingerprint density at radius 3 is 2.72 bits per heavy atom. The Kier molecular flexibility index (Phi) is 4.43. The number of hydrogen-bond donors (Lipinski definition) is 1. The maximum absolute atomic E-state index is 13.8. The third-order valence-electron chi connectivity index (χ3n) is 2.27. The lowest BCUT2D eigenvalue weighted by molar-refractivity contribution is -0.384. The Hall–Kier alpha value is -1.89. The SMILES string of the molecule is CNc1c([N+](=O)[O-])cc(CC(=O)OC)c(F)c1Cl. The van der Waals surface area contributed by atoms with Crippen LogP contribution in [-0.2, 0) is 16.0 Å². The Morgan fingerprint density at radius 2 is 2.28 bits per heavy atom. The van der Waals surface area contributed by atoms with Crippen LogP contribution in [-0.4, -0.2) is 25.1 Å². The molecule has 0 aliphatic rings. The second-order valence-electron chi connectivity index (χ2n) is 3.32. The summed E-state index contributed by atoms with van der Waals surface area (Å²) in [6, 6.07) is 0.962. The van der Waals surface area contributed by atoms with Gasteiger partial charge in [0.25, 0.3) is 5.69 Å². The lowest BCUT2D eigenvalue weighted by atomic mass is 10.1. The van der Waals surface area contributed by atoms with E-state index < -0.39 is 33.8 Å². The number of ether oxygens (including phenoxy) is 1. The van der Waals surface area contributed by atoms with Crippen molar-refractivity contribution in [3.05, 3.63) is 32.6 Å². The monoisotopic (exact) mass is 276 g/mol. The highest BCUT2D eigenvalue weighted by molar-refractivity contribution is 6.34. The van der Waals surface area contributed by atoms with Crippen molar-refractivity contribution in [1.82, 2.24) is 0 Å². The highest BCUT2D eigenvalue weighted by Crippen LogP contribution is 2.36. The topological polar surface area (TPSA) is 81.5 Å². The van der Waals surface area contributed by atoms with E-state index in [0.29, 0.717) is 0 Å². The highest BCUT2D eigenvalue weighted by atomic mass is 35.5. The molecule has 0 atom stereocenters. The standard InChI is InChI=1S/C10H10ClFN2O4/c1-13-10-6(14(16)17)3-5(4-7(15)18-2)9(12)8(10)11/h3,13H,4H2,1-2H3. The van der Waals surface area contributed by atoms with Crippen molar-refractivity contribution >= 4 is 28.9 Å². The maximum atomic E-state index is 13.8. The lowest BCUT2D eigenvalue weighted by Crippen LogP contribution is -2.08. The molecule has 1 N–H and O–H groups in total. The number of anilines is 1. The van der Waals surface area contributed by atoms with Crippen LogP contribution in [0.2, 0.25) is 5.02 Å². The normalized spacial score (nSPS) is 10.0. The van der Waals surface area contributed by atoms with E-state index in [-0.39, 0.29) is 11.3 Å². The Morgan fingerprint density at radius 1 is 1.67 bits per heavy atom. The number of carbonyl (C=O) groups excluding carboxylic acids is 1. The number of halogens is 2. The molecular weight excluding hydrogens is 267 g/mol. The number of nitro groups is 1. The van der Waals surface area contributed by atoms with Crippen molar-refractivity contribution in [2.45, 2.75) is 6.42 Å². The van der Waals surface area contributed by atoms with E-state index in [9.17, 15) is 19.3 Å². The number of nitrogens with zero attached hydrogens (tertiary/aromatic N) is 1. The lowest BCUT2D eigenvalue weighted by Gasteiger charge is -2.09. The van der Waals surface area contributed by atoms with E-state index in [4.69, 9.17) is 11.6 Å². The van der Waals surface area contributed by atoms with Crippen molar-refractivity contribution in [2.75, 3.05) is 19.5 Å². The van der Waals surface area contributed by atoms with E-state index in [1.165, 1.54) is 7.05 Å². The fourth-order valence-electron chi connectivity index (χ4n) is 1.40. The average Bonchev–Trinajstić information content (AvgIpc) is 2.34. The smallest absolute Gasteiger partial charge is 0.310 e. The molecule has 98 valence electrons. The van der Waals surface area contributed by atoms with Crippen molar-refractivity contribution in [3.8, 4) is 0 Å². The molecule has 0 saturated carbocycles. The first-order valence-electron chi connectivity index (χ1n) is 4.82. The van der Waals surface area contributed by atoms with E-state index in [1.807, 2.05) is 0 Å². The van der Waals surface area contributed by atoms with Crippen LogP contribution in [0.1, 0.15) is 5.56 Å². The number of nitrogens with one attached hydrogen (secondary N) is 1. The largest absolute Gasteiger partial charge is 0.469 e. The second kappa shape index (κ2) is 5.63. The second-order valence-corrected chi connectivity index (χ2v) is 3.70. The summed E-state index contributed by atoms with van der Waals surface area (Å²) in [5.74, 6) is -1.59. The molecule has 0 heterocycles. The molecule has 0 spiro atoms. The molecule has 6 nitrogen and oxygen atoms in total. The zero-order valence-electron chi connectivity index (χ0n) is 9.62. The zero-order valence-corrected chi connectivity index (χ0v) is 10.4. The predicted octanol–water partition coefficient (Wildman–Crippen LogP) is 2.14. The number of methoxy groups -OCH3 is 1. The van der Waals surface area contributed by atoms with E-state index in [0.717, 1.165) is 13.2 Å². The summed E-state index contributed by atoms with van der Waals surface area (Å²) in [7, 11) is 2.52. The van der Waals surface area contributed by atoms with Crippen LogP contribution in [0.4, 0.5) is 15.8 Å². The average molecular weight is 277 g/mol. The molecule has 18 heavy (non-hydrogen) atoms. The van der Waals surface area contributed by atoms with Gasteiger partial charge >= 0.3 is 5.97 Å². The molecular formula is C10H10ClFN2O4. The van der Waals surface area contributed by atoms with Crippen molar-refractivity contribution in [1.29, 1.82) is 0 Å². The summed E-state index contributed by atoms with van der Waals surface area (Å²) >= 11 is 5.68. The van der Waals surface area contributed by atoms with Gasteiger partial charge in [0.05, 0.1) is 18.5 Å². The summed E-state index contributed by atoms with van der Waals surface area (Å²) in [6.07, 6.45) is -0.424. The van der Waals surface area contributed by atoms with Crippen LogP contribution in [0.15, 0.2) is 6.07 Å². The van der Waals surface area contributed by atoms with Gasteiger partial charge in [-0.25, -0.2) is 4.39 Å². The van der Waals surface area contributed by atoms with Gasteiger partial charge < -0.3 is 10.1 Å². The summed E-state index contributed by atoms with van der Waals surface area (Å²) < 4.78 is 18.2. The van der Waals surface area contributed by atoms with Gasteiger partial charge in [-0.3, -0.25) is 14.9 Å². The number of esters is 1. The first-order valence-corrected chi connectivity index (χ1v) is 5.20. The summed E-state index contributed by atoms with van der Waals surface area (Å²) in [5.41, 5.74) is -0.715. The van der Waals surface area contributed by atoms with Crippen molar-refractivity contribution in [3.63, 3.8) is 0 Å². The summed E-state index contributed by atoms with van der Waals surface area (Å²) in [4.78, 5) is 21.2. The fraction of sp³-hybridized carbons (Fsp3) is 0.300. The van der Waals surface area contributed by atoms with Gasteiger partial charge in [-0.2, -0.15) is 0 Å². The third-order valence-corrected chi connectivity index (χ3v) is 2.63. The molecule has 0 aromatic heterocycles.